The van der Waals surface area contributed by atoms with Crippen molar-refractivity contribution in [2.75, 3.05) is 39.5 Å². The monoisotopic (exact) mass is 439 g/mol. The van der Waals surface area contributed by atoms with E-state index in [0.29, 0.717) is 61.8 Å². The van der Waals surface area contributed by atoms with Gasteiger partial charge in [0.25, 0.3) is 0 Å². The zero-order valence-electron chi connectivity index (χ0n) is 15.8. The quantitative estimate of drug-likeness (QED) is 0.712. The van der Waals surface area contributed by atoms with Crippen molar-refractivity contribution < 1.29 is 27.4 Å². The molecule has 0 atom stereocenters. The van der Waals surface area contributed by atoms with E-state index in [0.717, 1.165) is 12.0 Å². The number of nitrogens with zero attached hydrogens (tertiary/aromatic N) is 1. The summed E-state index contributed by atoms with van der Waals surface area (Å²) in [5.74, 6) is 1.74. The Labute approximate surface area is 175 Å². The second-order valence-corrected chi connectivity index (χ2v) is 9.08. The minimum Gasteiger partial charge on any atom is -0.489 e. The smallest absolute Gasteiger partial charge is 0.243 e. The molecule has 0 aromatic heterocycles. The first-order valence-electron chi connectivity index (χ1n) is 9.43. The van der Waals surface area contributed by atoms with E-state index in [2.05, 4.69) is 0 Å². The zero-order valence-corrected chi connectivity index (χ0v) is 17.4. The van der Waals surface area contributed by atoms with Crippen LogP contribution in [0.4, 0.5) is 0 Å². The van der Waals surface area contributed by atoms with Gasteiger partial charge >= 0.3 is 0 Å². The predicted octanol–water partition coefficient (Wildman–Crippen LogP) is 3.10. The molecule has 0 aliphatic carbocycles. The number of morpholine rings is 1. The molecule has 1 fully saturated rings. The van der Waals surface area contributed by atoms with E-state index in [9.17, 15) is 8.42 Å². The van der Waals surface area contributed by atoms with Crippen LogP contribution in [0.15, 0.2) is 41.3 Å². The molecule has 0 unspecified atom stereocenters. The van der Waals surface area contributed by atoms with Crippen molar-refractivity contribution in [2.24, 2.45) is 0 Å². The van der Waals surface area contributed by atoms with E-state index in [1.807, 2.05) is 6.07 Å². The van der Waals surface area contributed by atoms with Crippen LogP contribution in [0.5, 0.6) is 17.2 Å². The topological polar surface area (TPSA) is 74.3 Å². The number of rotatable bonds is 5. The molecule has 2 aliphatic heterocycles. The first kappa shape index (κ1) is 20.3. The zero-order chi connectivity index (χ0) is 20.3. The first-order chi connectivity index (χ1) is 14.0. The predicted molar refractivity (Wildman–Crippen MR) is 107 cm³/mol. The van der Waals surface area contributed by atoms with Gasteiger partial charge in [0.2, 0.25) is 10.0 Å². The summed E-state index contributed by atoms with van der Waals surface area (Å²) in [5, 5.41) is 0.481. The van der Waals surface area contributed by atoms with Crippen LogP contribution < -0.4 is 14.2 Å². The highest BCUT2D eigenvalue weighted by molar-refractivity contribution is 7.89. The number of halogens is 1. The van der Waals surface area contributed by atoms with Crippen LogP contribution in [-0.2, 0) is 21.4 Å². The fraction of sp³-hybridized carbons (Fsp3) is 0.400. The molecule has 0 bridgehead atoms. The van der Waals surface area contributed by atoms with Crippen molar-refractivity contribution >= 4 is 21.6 Å². The Balaban J connectivity index is 1.43. The molecule has 7 nitrogen and oxygen atoms in total. The van der Waals surface area contributed by atoms with Gasteiger partial charge in [0, 0.05) is 19.5 Å². The maximum absolute atomic E-state index is 12.7. The Morgan fingerprint density at radius 2 is 1.72 bits per heavy atom. The van der Waals surface area contributed by atoms with Crippen LogP contribution in [0.2, 0.25) is 5.02 Å². The average molecular weight is 440 g/mol. The van der Waals surface area contributed by atoms with Crippen molar-refractivity contribution in [1.29, 1.82) is 0 Å². The summed E-state index contributed by atoms with van der Waals surface area (Å²) in [4.78, 5) is 0.241. The van der Waals surface area contributed by atoms with Crippen molar-refractivity contribution in [3.63, 3.8) is 0 Å². The third-order valence-corrected chi connectivity index (χ3v) is 6.89. The Morgan fingerprint density at radius 1 is 1.00 bits per heavy atom. The third-order valence-electron chi connectivity index (χ3n) is 4.70. The van der Waals surface area contributed by atoms with Gasteiger partial charge in [-0.1, -0.05) is 11.6 Å². The largest absolute Gasteiger partial charge is 0.489 e. The number of sulfonamides is 1. The molecule has 9 heteroatoms. The van der Waals surface area contributed by atoms with Gasteiger partial charge in [-0.25, -0.2) is 8.42 Å². The number of hydrogen-bond acceptors (Lipinski definition) is 6. The second-order valence-electron chi connectivity index (χ2n) is 6.73. The van der Waals surface area contributed by atoms with Crippen molar-refractivity contribution in [3.05, 3.63) is 47.0 Å². The highest BCUT2D eigenvalue weighted by Crippen LogP contribution is 2.38. The molecular weight excluding hydrogens is 418 g/mol. The normalized spacial score (nSPS) is 17.6. The molecule has 0 radical (unpaired) electrons. The summed E-state index contributed by atoms with van der Waals surface area (Å²) < 4.78 is 49.1. The van der Waals surface area contributed by atoms with Gasteiger partial charge in [-0.3, -0.25) is 0 Å². The molecule has 4 rings (SSSR count). The highest BCUT2D eigenvalue weighted by atomic mass is 35.5. The van der Waals surface area contributed by atoms with Gasteiger partial charge in [0.1, 0.15) is 12.4 Å². The average Bonchev–Trinajstić information content (AvgIpc) is 2.99. The van der Waals surface area contributed by atoms with Crippen LogP contribution >= 0.6 is 11.6 Å². The van der Waals surface area contributed by atoms with Gasteiger partial charge in [0.15, 0.2) is 11.5 Å². The highest BCUT2D eigenvalue weighted by Gasteiger charge is 2.26. The van der Waals surface area contributed by atoms with Crippen LogP contribution in [0, 0.1) is 0 Å². The molecule has 2 heterocycles. The Kier molecular flexibility index (Phi) is 6.15. The lowest BCUT2D eigenvalue weighted by Gasteiger charge is -2.26. The van der Waals surface area contributed by atoms with Crippen LogP contribution in [0.3, 0.4) is 0 Å². The van der Waals surface area contributed by atoms with Crippen molar-refractivity contribution in [2.45, 2.75) is 17.9 Å². The van der Waals surface area contributed by atoms with E-state index >= 15 is 0 Å². The maximum atomic E-state index is 12.7. The molecule has 0 spiro atoms. The number of ether oxygens (including phenoxy) is 4. The Bertz CT molecular complexity index is 958. The molecule has 0 N–H and O–H groups in total. The minimum absolute atomic E-state index is 0.241. The maximum Gasteiger partial charge on any atom is 0.243 e. The van der Waals surface area contributed by atoms with Crippen LogP contribution in [-0.4, -0.2) is 52.2 Å². The number of fused-ring (bicyclic) bond motifs is 1. The molecule has 2 aromatic rings. The van der Waals surface area contributed by atoms with Gasteiger partial charge in [-0.2, -0.15) is 4.31 Å². The van der Waals surface area contributed by atoms with E-state index in [1.165, 1.54) is 4.31 Å². The first-order valence-corrected chi connectivity index (χ1v) is 11.2. The van der Waals surface area contributed by atoms with Crippen LogP contribution in [0.25, 0.3) is 0 Å². The van der Waals surface area contributed by atoms with Gasteiger partial charge in [-0.15, -0.1) is 0 Å². The molecule has 156 valence electrons. The second kappa shape index (κ2) is 8.79. The number of benzene rings is 2. The fourth-order valence-corrected chi connectivity index (χ4v) is 4.87. The summed E-state index contributed by atoms with van der Waals surface area (Å²) in [6.07, 6.45) is 0.802. The van der Waals surface area contributed by atoms with Crippen molar-refractivity contribution in [3.8, 4) is 17.2 Å². The molecule has 0 amide bonds. The third kappa shape index (κ3) is 4.61. The van der Waals surface area contributed by atoms with Crippen LogP contribution in [0.1, 0.15) is 12.0 Å². The Morgan fingerprint density at radius 3 is 2.48 bits per heavy atom. The number of hydrogen-bond donors (Lipinski definition) is 0. The van der Waals surface area contributed by atoms with Gasteiger partial charge < -0.3 is 18.9 Å². The van der Waals surface area contributed by atoms with Gasteiger partial charge in [0.05, 0.1) is 36.3 Å². The van der Waals surface area contributed by atoms with Gasteiger partial charge in [-0.05, 0) is 42.0 Å². The van der Waals surface area contributed by atoms with E-state index < -0.39 is 10.0 Å². The molecule has 29 heavy (non-hydrogen) atoms. The lowest BCUT2D eigenvalue weighted by Crippen LogP contribution is -2.40. The SMILES string of the molecule is O=S(=O)(c1ccc(OCc2cc(Cl)c3c(c2)OCCCO3)cc1)N1CCOCC1. The lowest BCUT2D eigenvalue weighted by atomic mass is 10.2. The summed E-state index contributed by atoms with van der Waals surface area (Å²) in [6.45, 7) is 2.98. The Hall–Kier alpha value is -2.00. The molecule has 2 aromatic carbocycles. The summed E-state index contributed by atoms with van der Waals surface area (Å²) in [5.41, 5.74) is 0.837. The minimum atomic E-state index is -3.52. The summed E-state index contributed by atoms with van der Waals surface area (Å²) in [6, 6.07) is 10.0. The summed E-state index contributed by atoms with van der Waals surface area (Å²) >= 11 is 6.31. The molecule has 0 saturated carbocycles. The molecule has 2 aliphatic rings. The van der Waals surface area contributed by atoms with E-state index in [4.69, 9.17) is 30.5 Å². The summed E-state index contributed by atoms with van der Waals surface area (Å²) in [7, 11) is -3.52. The molecule has 1 saturated heterocycles. The lowest BCUT2D eigenvalue weighted by molar-refractivity contribution is 0.0730. The standard InChI is InChI=1S/C20H22ClNO6S/c21-18-12-15(13-19-20(18)27-9-1-8-26-19)14-28-16-2-4-17(5-3-16)29(23,24)22-6-10-25-11-7-22/h2-5,12-13H,1,6-11,14H2. The molecular formula is C20H22ClNO6S. The van der Waals surface area contributed by atoms with Crippen molar-refractivity contribution in [1.82, 2.24) is 4.31 Å². The van der Waals surface area contributed by atoms with E-state index in [1.54, 1.807) is 30.3 Å². The fourth-order valence-electron chi connectivity index (χ4n) is 3.18. The van der Waals surface area contributed by atoms with E-state index in [-0.39, 0.29) is 11.5 Å².